The van der Waals surface area contributed by atoms with Crippen LogP contribution in [0.25, 0.3) is 0 Å². The van der Waals surface area contributed by atoms with Gasteiger partial charge in [0.2, 0.25) is 0 Å². The minimum Gasteiger partial charge on any atom is -0.463 e. The Morgan fingerprint density at radius 1 is 1.18 bits per heavy atom. The SMILES string of the molecule is C=CC[C@H]([NH2+]Cc1ccco1)c1ccccc1. The lowest BCUT2D eigenvalue weighted by atomic mass is 10.0. The van der Waals surface area contributed by atoms with Crippen molar-refractivity contribution in [3.05, 3.63) is 72.7 Å². The van der Waals surface area contributed by atoms with E-state index in [2.05, 4.69) is 36.2 Å². The van der Waals surface area contributed by atoms with Crippen molar-refractivity contribution in [2.24, 2.45) is 0 Å². The molecule has 0 bridgehead atoms. The highest BCUT2D eigenvalue weighted by Crippen LogP contribution is 2.12. The van der Waals surface area contributed by atoms with Gasteiger partial charge in [0.25, 0.3) is 0 Å². The highest BCUT2D eigenvalue weighted by Gasteiger charge is 2.13. The van der Waals surface area contributed by atoms with Crippen LogP contribution in [0.4, 0.5) is 0 Å². The maximum Gasteiger partial charge on any atom is 0.157 e. The summed E-state index contributed by atoms with van der Waals surface area (Å²) in [5.41, 5.74) is 1.33. The Bertz CT molecular complexity index is 433. The Labute approximate surface area is 102 Å². The van der Waals surface area contributed by atoms with Crippen molar-refractivity contribution in [1.29, 1.82) is 0 Å². The van der Waals surface area contributed by atoms with E-state index in [0.717, 1.165) is 18.7 Å². The van der Waals surface area contributed by atoms with Crippen LogP contribution < -0.4 is 5.32 Å². The van der Waals surface area contributed by atoms with E-state index in [1.54, 1.807) is 6.26 Å². The molecule has 1 atom stereocenters. The predicted molar refractivity (Wildman–Crippen MR) is 68.3 cm³/mol. The molecule has 0 aliphatic heterocycles. The molecular formula is C15H18NO+. The Balaban J connectivity index is 2.00. The predicted octanol–water partition coefficient (Wildman–Crippen LogP) is 2.66. The van der Waals surface area contributed by atoms with Gasteiger partial charge >= 0.3 is 0 Å². The van der Waals surface area contributed by atoms with Crippen LogP contribution in [-0.4, -0.2) is 0 Å². The van der Waals surface area contributed by atoms with E-state index in [0.29, 0.717) is 6.04 Å². The molecule has 1 aromatic carbocycles. The molecule has 2 N–H and O–H groups in total. The Kier molecular flexibility index (Phi) is 4.17. The van der Waals surface area contributed by atoms with Crippen molar-refractivity contribution in [2.45, 2.75) is 19.0 Å². The Hall–Kier alpha value is -1.80. The van der Waals surface area contributed by atoms with Crippen molar-refractivity contribution in [2.75, 3.05) is 0 Å². The molecule has 0 fully saturated rings. The van der Waals surface area contributed by atoms with Crippen molar-refractivity contribution >= 4 is 0 Å². The molecule has 88 valence electrons. The van der Waals surface area contributed by atoms with Gasteiger partial charge in [-0.05, 0) is 12.1 Å². The van der Waals surface area contributed by atoms with Gasteiger partial charge in [0, 0.05) is 12.0 Å². The summed E-state index contributed by atoms with van der Waals surface area (Å²) in [6.45, 7) is 4.69. The third-order valence-corrected chi connectivity index (χ3v) is 2.83. The van der Waals surface area contributed by atoms with Crippen molar-refractivity contribution in [3.8, 4) is 0 Å². The number of quaternary nitrogens is 1. The molecule has 1 heterocycles. The molecule has 0 radical (unpaired) electrons. The molecule has 0 unspecified atom stereocenters. The van der Waals surface area contributed by atoms with Gasteiger partial charge in [0.1, 0.15) is 12.6 Å². The van der Waals surface area contributed by atoms with Gasteiger partial charge in [-0.15, -0.1) is 6.58 Å². The average molecular weight is 228 g/mol. The summed E-state index contributed by atoms with van der Waals surface area (Å²) < 4.78 is 5.34. The molecule has 0 aliphatic rings. The van der Waals surface area contributed by atoms with Crippen LogP contribution in [0.5, 0.6) is 0 Å². The summed E-state index contributed by atoms with van der Waals surface area (Å²) in [6.07, 6.45) is 4.65. The monoisotopic (exact) mass is 228 g/mol. The zero-order valence-corrected chi connectivity index (χ0v) is 9.88. The molecule has 0 amide bonds. The lowest BCUT2D eigenvalue weighted by Gasteiger charge is -2.13. The van der Waals surface area contributed by atoms with Crippen molar-refractivity contribution in [3.63, 3.8) is 0 Å². The normalized spacial score (nSPS) is 12.2. The van der Waals surface area contributed by atoms with Crippen molar-refractivity contribution in [1.82, 2.24) is 0 Å². The smallest absolute Gasteiger partial charge is 0.157 e. The van der Waals surface area contributed by atoms with Gasteiger partial charge in [0.15, 0.2) is 5.76 Å². The van der Waals surface area contributed by atoms with Crippen LogP contribution in [0.15, 0.2) is 65.8 Å². The van der Waals surface area contributed by atoms with Crippen LogP contribution in [0.1, 0.15) is 23.8 Å². The van der Waals surface area contributed by atoms with Crippen LogP contribution in [0, 0.1) is 0 Å². The minimum absolute atomic E-state index is 0.416. The molecule has 17 heavy (non-hydrogen) atoms. The maximum atomic E-state index is 5.34. The molecule has 0 aliphatic carbocycles. The summed E-state index contributed by atoms with van der Waals surface area (Å²) in [5, 5.41) is 2.29. The van der Waals surface area contributed by atoms with E-state index < -0.39 is 0 Å². The van der Waals surface area contributed by atoms with Gasteiger partial charge in [0.05, 0.1) is 6.26 Å². The number of nitrogens with two attached hydrogens (primary N) is 1. The van der Waals surface area contributed by atoms with Crippen molar-refractivity contribution < 1.29 is 9.73 Å². The quantitative estimate of drug-likeness (QED) is 0.757. The zero-order valence-electron chi connectivity index (χ0n) is 9.88. The summed E-state index contributed by atoms with van der Waals surface area (Å²) in [6, 6.07) is 14.9. The Morgan fingerprint density at radius 3 is 2.65 bits per heavy atom. The van der Waals surface area contributed by atoms with Gasteiger partial charge in [-0.25, -0.2) is 0 Å². The lowest BCUT2D eigenvalue weighted by Crippen LogP contribution is -2.83. The molecule has 2 rings (SSSR count). The van der Waals surface area contributed by atoms with Gasteiger partial charge in [-0.1, -0.05) is 36.4 Å². The van der Waals surface area contributed by atoms with E-state index in [9.17, 15) is 0 Å². The Morgan fingerprint density at radius 2 is 2.00 bits per heavy atom. The van der Waals surface area contributed by atoms with E-state index in [4.69, 9.17) is 4.42 Å². The molecule has 0 saturated heterocycles. The molecule has 1 aromatic heterocycles. The number of benzene rings is 1. The van der Waals surface area contributed by atoms with E-state index in [1.807, 2.05) is 24.3 Å². The summed E-state index contributed by atoms with van der Waals surface area (Å²) in [7, 11) is 0. The van der Waals surface area contributed by atoms with E-state index in [1.165, 1.54) is 5.56 Å². The van der Waals surface area contributed by atoms with Crippen LogP contribution in [0.2, 0.25) is 0 Å². The van der Waals surface area contributed by atoms with E-state index >= 15 is 0 Å². The van der Waals surface area contributed by atoms with Gasteiger partial charge in [-0.3, -0.25) is 0 Å². The van der Waals surface area contributed by atoms with Gasteiger partial charge in [-0.2, -0.15) is 0 Å². The first-order chi connectivity index (χ1) is 8.40. The van der Waals surface area contributed by atoms with Crippen LogP contribution in [-0.2, 0) is 6.54 Å². The fourth-order valence-corrected chi connectivity index (χ4v) is 1.94. The first-order valence-electron chi connectivity index (χ1n) is 5.91. The standard InChI is InChI=1S/C15H17NO/c1-2-7-15(13-8-4-3-5-9-13)16-12-14-10-6-11-17-14/h2-6,8-11,15-16H,1,7,12H2/p+1/t15-/m0/s1. The molecule has 2 nitrogen and oxygen atoms in total. The lowest BCUT2D eigenvalue weighted by molar-refractivity contribution is -0.712. The van der Waals surface area contributed by atoms with Gasteiger partial charge < -0.3 is 9.73 Å². The highest BCUT2D eigenvalue weighted by molar-refractivity contribution is 5.17. The number of hydrogen-bond acceptors (Lipinski definition) is 1. The summed E-state index contributed by atoms with van der Waals surface area (Å²) >= 11 is 0. The third kappa shape index (κ3) is 3.33. The van der Waals surface area contributed by atoms with Crippen LogP contribution >= 0.6 is 0 Å². The summed E-state index contributed by atoms with van der Waals surface area (Å²) in [5.74, 6) is 1.01. The second-order valence-corrected chi connectivity index (χ2v) is 4.06. The molecule has 0 saturated carbocycles. The highest BCUT2D eigenvalue weighted by atomic mass is 16.3. The van der Waals surface area contributed by atoms with Crippen LogP contribution in [0.3, 0.4) is 0 Å². The largest absolute Gasteiger partial charge is 0.463 e. The van der Waals surface area contributed by atoms with E-state index in [-0.39, 0.29) is 0 Å². The molecule has 2 aromatic rings. The molecule has 2 heteroatoms. The zero-order chi connectivity index (χ0) is 11.9. The number of hydrogen-bond donors (Lipinski definition) is 1. The topological polar surface area (TPSA) is 29.8 Å². The molecular weight excluding hydrogens is 210 g/mol. The average Bonchev–Trinajstić information content (AvgIpc) is 2.88. The number of furan rings is 1. The maximum absolute atomic E-state index is 5.34. The second-order valence-electron chi connectivity index (χ2n) is 4.06. The second kappa shape index (κ2) is 6.06. The fraction of sp³-hybridized carbons (Fsp3) is 0.200. The number of rotatable bonds is 6. The first-order valence-corrected chi connectivity index (χ1v) is 5.91. The fourth-order valence-electron chi connectivity index (χ4n) is 1.94. The first kappa shape index (κ1) is 11.7. The minimum atomic E-state index is 0.416. The third-order valence-electron chi connectivity index (χ3n) is 2.83. The summed E-state index contributed by atoms with van der Waals surface area (Å²) in [4.78, 5) is 0. The molecule has 0 spiro atoms.